The molecule has 0 aromatic carbocycles. The van der Waals surface area contributed by atoms with Crippen molar-refractivity contribution in [3.05, 3.63) is 18.1 Å². The molecule has 0 aliphatic carbocycles. The Bertz CT molecular complexity index is 523. The highest BCUT2D eigenvalue weighted by Crippen LogP contribution is 2.32. The van der Waals surface area contributed by atoms with E-state index in [1.807, 2.05) is 0 Å². The van der Waals surface area contributed by atoms with E-state index in [2.05, 4.69) is 15.1 Å². The van der Waals surface area contributed by atoms with Gasteiger partial charge in [-0.1, -0.05) is 0 Å². The number of anilines is 1. The molecule has 2 rings (SSSR count). The average molecular weight is 268 g/mol. The number of nitrogen functional groups attached to an aromatic ring is 1. The van der Waals surface area contributed by atoms with Gasteiger partial charge in [-0.15, -0.1) is 17.5 Å². The van der Waals surface area contributed by atoms with Crippen molar-refractivity contribution in [2.45, 2.75) is 19.0 Å². The van der Waals surface area contributed by atoms with E-state index in [9.17, 15) is 13.2 Å². The third-order valence-corrected chi connectivity index (χ3v) is 2.16. The summed E-state index contributed by atoms with van der Waals surface area (Å²) < 4.78 is 38.3. The molecule has 2 aromatic heterocycles. The summed E-state index contributed by atoms with van der Waals surface area (Å²) in [5, 5.41) is 3.68. The standard InChI is InChI=1S/C8H8F3N5.ClH/c1-4(8(9,10)11)6-14-7-13-3-2-5(12)16(7)15-6;/h2-4H,12H2,1H3;1H/t4-;/m0./s1. The van der Waals surface area contributed by atoms with Gasteiger partial charge in [-0.25, -0.2) is 4.98 Å². The Kier molecular flexibility index (Phi) is 3.46. The van der Waals surface area contributed by atoms with Crippen molar-refractivity contribution in [1.82, 2.24) is 19.6 Å². The van der Waals surface area contributed by atoms with E-state index in [4.69, 9.17) is 5.73 Å². The summed E-state index contributed by atoms with van der Waals surface area (Å²) in [6.07, 6.45) is -3.01. The molecule has 94 valence electrons. The van der Waals surface area contributed by atoms with Gasteiger partial charge < -0.3 is 5.73 Å². The second-order valence-electron chi connectivity index (χ2n) is 3.31. The first-order valence-electron chi connectivity index (χ1n) is 4.43. The van der Waals surface area contributed by atoms with E-state index in [-0.39, 0.29) is 29.8 Å². The number of hydrogen-bond donors (Lipinski definition) is 1. The Morgan fingerprint density at radius 3 is 2.59 bits per heavy atom. The van der Waals surface area contributed by atoms with Crippen molar-refractivity contribution >= 4 is 24.0 Å². The lowest BCUT2D eigenvalue weighted by Gasteiger charge is -2.10. The zero-order chi connectivity index (χ0) is 11.9. The molecule has 0 spiro atoms. The van der Waals surface area contributed by atoms with Crippen LogP contribution in [0.2, 0.25) is 0 Å². The molecule has 2 heterocycles. The van der Waals surface area contributed by atoms with E-state index in [0.29, 0.717) is 0 Å². The minimum absolute atomic E-state index is 0. The van der Waals surface area contributed by atoms with Crippen LogP contribution in [-0.2, 0) is 0 Å². The molecule has 0 bridgehead atoms. The van der Waals surface area contributed by atoms with Gasteiger partial charge in [0.15, 0.2) is 5.82 Å². The highest BCUT2D eigenvalue weighted by atomic mass is 35.5. The van der Waals surface area contributed by atoms with Crippen LogP contribution in [0.4, 0.5) is 19.0 Å². The van der Waals surface area contributed by atoms with Gasteiger partial charge in [0, 0.05) is 6.20 Å². The van der Waals surface area contributed by atoms with Crippen LogP contribution in [0.25, 0.3) is 5.78 Å². The molecule has 0 fully saturated rings. The van der Waals surface area contributed by atoms with Crippen LogP contribution in [0.5, 0.6) is 0 Å². The second-order valence-corrected chi connectivity index (χ2v) is 3.31. The lowest BCUT2D eigenvalue weighted by Crippen LogP contribution is -2.19. The lowest BCUT2D eigenvalue weighted by molar-refractivity contribution is -0.147. The third-order valence-electron chi connectivity index (χ3n) is 2.16. The molecule has 0 saturated heterocycles. The maximum atomic E-state index is 12.4. The first-order chi connectivity index (χ1) is 7.39. The molecule has 0 radical (unpaired) electrons. The van der Waals surface area contributed by atoms with Gasteiger partial charge in [0.2, 0.25) is 0 Å². The molecule has 2 aromatic rings. The van der Waals surface area contributed by atoms with E-state index >= 15 is 0 Å². The number of nitrogens with two attached hydrogens (primary N) is 1. The minimum atomic E-state index is -4.38. The molecule has 17 heavy (non-hydrogen) atoms. The van der Waals surface area contributed by atoms with Crippen molar-refractivity contribution in [2.75, 3.05) is 5.73 Å². The van der Waals surface area contributed by atoms with Crippen LogP contribution in [0, 0.1) is 0 Å². The maximum absolute atomic E-state index is 12.4. The number of nitrogens with zero attached hydrogens (tertiary/aromatic N) is 4. The zero-order valence-electron chi connectivity index (χ0n) is 8.64. The number of hydrogen-bond acceptors (Lipinski definition) is 4. The first-order valence-corrected chi connectivity index (χ1v) is 4.43. The van der Waals surface area contributed by atoms with Crippen LogP contribution in [0.15, 0.2) is 12.3 Å². The Hall–Kier alpha value is -1.57. The summed E-state index contributed by atoms with van der Waals surface area (Å²) in [5.41, 5.74) is 5.52. The average Bonchev–Trinajstić information content (AvgIpc) is 2.60. The number of alkyl halides is 3. The maximum Gasteiger partial charge on any atom is 0.398 e. The molecule has 0 amide bonds. The highest BCUT2D eigenvalue weighted by molar-refractivity contribution is 5.85. The summed E-state index contributed by atoms with van der Waals surface area (Å²) in [6, 6.07) is 1.43. The molecule has 2 N–H and O–H groups in total. The van der Waals surface area contributed by atoms with Crippen LogP contribution < -0.4 is 5.73 Å². The Morgan fingerprint density at radius 2 is 2.06 bits per heavy atom. The van der Waals surface area contributed by atoms with Gasteiger partial charge >= 0.3 is 6.18 Å². The fourth-order valence-electron chi connectivity index (χ4n) is 1.16. The van der Waals surface area contributed by atoms with E-state index in [1.54, 1.807) is 0 Å². The molecule has 1 atom stereocenters. The van der Waals surface area contributed by atoms with E-state index < -0.39 is 12.1 Å². The number of rotatable bonds is 1. The summed E-state index contributed by atoms with van der Waals surface area (Å²) in [6.45, 7) is 0.991. The van der Waals surface area contributed by atoms with Crippen molar-refractivity contribution < 1.29 is 13.2 Å². The molecule has 0 saturated carbocycles. The normalized spacial score (nSPS) is 13.4. The van der Waals surface area contributed by atoms with E-state index in [1.165, 1.54) is 12.3 Å². The van der Waals surface area contributed by atoms with Crippen LogP contribution in [0.3, 0.4) is 0 Å². The fraction of sp³-hybridized carbons (Fsp3) is 0.375. The molecule has 0 unspecified atom stereocenters. The van der Waals surface area contributed by atoms with Crippen LogP contribution in [-0.4, -0.2) is 25.8 Å². The number of aromatic nitrogens is 4. The fourth-order valence-corrected chi connectivity index (χ4v) is 1.16. The largest absolute Gasteiger partial charge is 0.398 e. The topological polar surface area (TPSA) is 69.1 Å². The highest BCUT2D eigenvalue weighted by Gasteiger charge is 2.40. The van der Waals surface area contributed by atoms with Gasteiger partial charge in [0.25, 0.3) is 5.78 Å². The SMILES string of the molecule is C[C@@H](c1nc2nccc(N)n2n1)C(F)(F)F.Cl. The summed E-state index contributed by atoms with van der Waals surface area (Å²) >= 11 is 0. The summed E-state index contributed by atoms with van der Waals surface area (Å²) in [4.78, 5) is 7.45. The first kappa shape index (κ1) is 13.5. The molecule has 0 aliphatic heterocycles. The third kappa shape index (κ3) is 2.41. The van der Waals surface area contributed by atoms with Crippen LogP contribution in [0.1, 0.15) is 18.7 Å². The predicted octanol–water partition coefficient (Wildman–Crippen LogP) is 1.79. The second kappa shape index (κ2) is 4.36. The van der Waals surface area contributed by atoms with Crippen molar-refractivity contribution in [2.24, 2.45) is 0 Å². The van der Waals surface area contributed by atoms with Gasteiger partial charge in [-0.2, -0.15) is 22.7 Å². The van der Waals surface area contributed by atoms with Gasteiger partial charge in [0.05, 0.1) is 0 Å². The number of fused-ring (bicyclic) bond motifs is 1. The molecule has 5 nitrogen and oxygen atoms in total. The monoisotopic (exact) mass is 267 g/mol. The van der Waals surface area contributed by atoms with Crippen molar-refractivity contribution in [3.63, 3.8) is 0 Å². The Morgan fingerprint density at radius 1 is 1.41 bits per heavy atom. The van der Waals surface area contributed by atoms with Gasteiger partial charge in [0.1, 0.15) is 11.7 Å². The predicted molar refractivity (Wildman–Crippen MR) is 56.9 cm³/mol. The summed E-state index contributed by atoms with van der Waals surface area (Å²) in [5.74, 6) is -1.82. The molecular formula is C8H9ClF3N5. The smallest absolute Gasteiger partial charge is 0.383 e. The molecule has 9 heteroatoms. The lowest BCUT2D eigenvalue weighted by atomic mass is 10.1. The Balaban J connectivity index is 0.00000144. The quantitative estimate of drug-likeness (QED) is 0.855. The number of halogens is 4. The minimum Gasteiger partial charge on any atom is -0.383 e. The summed E-state index contributed by atoms with van der Waals surface area (Å²) in [7, 11) is 0. The van der Waals surface area contributed by atoms with Gasteiger partial charge in [-0.05, 0) is 13.0 Å². The van der Waals surface area contributed by atoms with Crippen molar-refractivity contribution in [1.29, 1.82) is 0 Å². The molecular weight excluding hydrogens is 259 g/mol. The van der Waals surface area contributed by atoms with Gasteiger partial charge in [-0.3, -0.25) is 0 Å². The van der Waals surface area contributed by atoms with Crippen molar-refractivity contribution in [3.8, 4) is 0 Å². The zero-order valence-corrected chi connectivity index (χ0v) is 9.46. The van der Waals surface area contributed by atoms with E-state index in [0.717, 1.165) is 11.4 Å². The Labute approximate surface area is 100 Å². The molecule has 0 aliphatic rings. The van der Waals surface area contributed by atoms with Crippen LogP contribution >= 0.6 is 12.4 Å².